The zero-order chi connectivity index (χ0) is 27.3. The number of rotatable bonds is 8. The van der Waals surface area contributed by atoms with Gasteiger partial charge in [-0.05, 0) is 76.0 Å². The number of hydrogen-bond acceptors (Lipinski definition) is 5. The summed E-state index contributed by atoms with van der Waals surface area (Å²) in [5.74, 6) is -2.49. The summed E-state index contributed by atoms with van der Waals surface area (Å²) >= 11 is 0. The molecular formula is C32H44O5. The number of carbonyl (C=O) groups is 3. The summed E-state index contributed by atoms with van der Waals surface area (Å²) in [7, 11) is 0. The van der Waals surface area contributed by atoms with E-state index < -0.39 is 23.5 Å². The van der Waals surface area contributed by atoms with E-state index in [-0.39, 0.29) is 51.8 Å². The summed E-state index contributed by atoms with van der Waals surface area (Å²) in [6.45, 7) is 16.8. The van der Waals surface area contributed by atoms with Gasteiger partial charge in [0.2, 0.25) is 11.6 Å². The van der Waals surface area contributed by atoms with Gasteiger partial charge < -0.3 is 9.84 Å². The maximum atomic E-state index is 13.8. The first-order chi connectivity index (χ1) is 17.3. The lowest BCUT2D eigenvalue weighted by Crippen LogP contribution is -2.40. The number of Topliss-reactive ketones (excluding diaryl/α,β-unsaturated/α-hetero) is 2. The summed E-state index contributed by atoms with van der Waals surface area (Å²) in [5.41, 5.74) is 1.95. The molecule has 0 aliphatic heterocycles. The second-order valence-corrected chi connectivity index (χ2v) is 12.8. The van der Waals surface area contributed by atoms with Crippen LogP contribution in [-0.2, 0) is 19.1 Å². The largest absolute Gasteiger partial charge is 0.507 e. The maximum absolute atomic E-state index is 13.8. The second-order valence-electron chi connectivity index (χ2n) is 12.8. The minimum Gasteiger partial charge on any atom is -0.507 e. The van der Waals surface area contributed by atoms with Crippen molar-refractivity contribution in [3.8, 4) is 0 Å². The minimum atomic E-state index is -0.698. The summed E-state index contributed by atoms with van der Waals surface area (Å²) in [5, 5.41) is 11.6. The molecule has 1 N–H and O–H groups in total. The van der Waals surface area contributed by atoms with E-state index in [1.807, 2.05) is 19.9 Å². The van der Waals surface area contributed by atoms with Crippen molar-refractivity contribution in [1.29, 1.82) is 0 Å². The Morgan fingerprint density at radius 3 is 2.43 bits per heavy atom. The summed E-state index contributed by atoms with van der Waals surface area (Å²) in [4.78, 5) is 40.8. The van der Waals surface area contributed by atoms with Crippen molar-refractivity contribution in [2.24, 2.45) is 28.6 Å². The van der Waals surface area contributed by atoms with Crippen LogP contribution in [-0.4, -0.2) is 28.7 Å². The molecule has 2 fully saturated rings. The molecule has 37 heavy (non-hydrogen) atoms. The van der Waals surface area contributed by atoms with E-state index in [4.69, 9.17) is 4.74 Å². The Labute approximate surface area is 222 Å². The molecule has 4 rings (SSSR count). The predicted octanol–water partition coefficient (Wildman–Crippen LogP) is 7.13. The molecule has 0 amide bonds. The molecule has 0 aromatic rings. The Balaban J connectivity index is 1.77. The standard InChI is InChI=1S/C32H44O5/c1-8-9-10-11-22-26(30(36)37-24-17-20-14-15-32(24,7)31(20,5)6)28(34)25(29(35)27(22)33)23-16-19(4)12-13-21(23)18(2)3/h16,20-21,23-24,34H,2,8-15,17H2,1,3-7H3/t20?,21-,23+,24?,32?/m0/s1. The van der Waals surface area contributed by atoms with Gasteiger partial charge in [0.1, 0.15) is 17.4 Å². The molecule has 5 nitrogen and oxygen atoms in total. The van der Waals surface area contributed by atoms with Crippen molar-refractivity contribution >= 4 is 17.5 Å². The lowest BCUT2D eigenvalue weighted by Gasteiger charge is -2.38. The number of aliphatic hydroxyl groups excluding tert-OH is 1. The Hall–Kier alpha value is -2.43. The van der Waals surface area contributed by atoms with Crippen molar-refractivity contribution in [3.05, 3.63) is 46.3 Å². The summed E-state index contributed by atoms with van der Waals surface area (Å²) in [6.07, 6.45) is 8.99. The van der Waals surface area contributed by atoms with Crippen LogP contribution in [0.2, 0.25) is 0 Å². The van der Waals surface area contributed by atoms with Gasteiger partial charge in [-0.25, -0.2) is 4.79 Å². The van der Waals surface area contributed by atoms with Crippen LogP contribution < -0.4 is 0 Å². The van der Waals surface area contributed by atoms with E-state index in [1.54, 1.807) is 0 Å². The van der Waals surface area contributed by atoms with Gasteiger partial charge in [0.15, 0.2) is 0 Å². The van der Waals surface area contributed by atoms with Crippen molar-refractivity contribution in [2.75, 3.05) is 0 Å². The molecule has 5 heteroatoms. The quantitative estimate of drug-likeness (QED) is 0.124. The first-order valence-corrected chi connectivity index (χ1v) is 14.1. The van der Waals surface area contributed by atoms with Crippen LogP contribution in [0.3, 0.4) is 0 Å². The van der Waals surface area contributed by atoms with E-state index in [0.29, 0.717) is 12.3 Å². The molecule has 0 aromatic heterocycles. The Bertz CT molecular complexity index is 1120. The fraction of sp³-hybridized carbons (Fsp3) is 0.656. The molecule has 3 unspecified atom stereocenters. The van der Waals surface area contributed by atoms with E-state index in [9.17, 15) is 19.5 Å². The highest BCUT2D eigenvalue weighted by molar-refractivity contribution is 6.51. The third-order valence-corrected chi connectivity index (χ3v) is 10.4. The summed E-state index contributed by atoms with van der Waals surface area (Å²) in [6, 6.07) is 0. The molecule has 4 aliphatic rings. The van der Waals surface area contributed by atoms with Crippen LogP contribution in [0.5, 0.6) is 0 Å². The minimum absolute atomic E-state index is 0.0303. The highest BCUT2D eigenvalue weighted by Crippen LogP contribution is 2.66. The molecule has 0 saturated heterocycles. The number of unbranched alkanes of at least 4 members (excludes halogenated alkanes) is 2. The third kappa shape index (κ3) is 4.46. The van der Waals surface area contributed by atoms with E-state index in [1.165, 1.54) is 0 Å². The van der Waals surface area contributed by atoms with Crippen LogP contribution in [0.4, 0.5) is 0 Å². The van der Waals surface area contributed by atoms with E-state index in [2.05, 4.69) is 34.3 Å². The van der Waals surface area contributed by atoms with Crippen LogP contribution in [0.1, 0.15) is 99.3 Å². The first kappa shape index (κ1) is 27.6. The zero-order valence-corrected chi connectivity index (χ0v) is 23.5. The SMILES string of the molecule is C=C(C)[C@@H]1CCC(C)=C[C@H]1C1=C(O)C(C(=O)OC2CC3CCC2(C)C3(C)C)=C(CCCCC)C(=O)C1=O. The molecule has 5 atom stereocenters. The maximum Gasteiger partial charge on any atom is 0.342 e. The van der Waals surface area contributed by atoms with E-state index in [0.717, 1.165) is 56.1 Å². The molecule has 202 valence electrons. The van der Waals surface area contributed by atoms with E-state index >= 15 is 0 Å². The van der Waals surface area contributed by atoms with Crippen molar-refractivity contribution < 1.29 is 24.2 Å². The van der Waals surface area contributed by atoms with Gasteiger partial charge in [0.05, 0.1) is 5.57 Å². The average Bonchev–Trinajstić information content (AvgIpc) is 3.16. The van der Waals surface area contributed by atoms with Gasteiger partial charge >= 0.3 is 5.97 Å². The van der Waals surface area contributed by atoms with Gasteiger partial charge in [0, 0.05) is 16.9 Å². The fourth-order valence-electron chi connectivity index (χ4n) is 7.48. The molecule has 0 radical (unpaired) electrons. The van der Waals surface area contributed by atoms with Crippen molar-refractivity contribution in [1.82, 2.24) is 0 Å². The van der Waals surface area contributed by atoms with Crippen molar-refractivity contribution in [3.63, 3.8) is 0 Å². The van der Waals surface area contributed by atoms with Gasteiger partial charge in [-0.15, -0.1) is 0 Å². The zero-order valence-electron chi connectivity index (χ0n) is 23.5. The molecule has 0 aromatic carbocycles. The molecule has 2 bridgehead atoms. The van der Waals surface area contributed by atoms with Gasteiger partial charge in [0.25, 0.3) is 0 Å². The second kappa shape index (κ2) is 10.0. The number of fused-ring (bicyclic) bond motifs is 2. The fourth-order valence-corrected chi connectivity index (χ4v) is 7.48. The highest BCUT2D eigenvalue weighted by atomic mass is 16.5. The summed E-state index contributed by atoms with van der Waals surface area (Å²) < 4.78 is 6.16. The first-order valence-electron chi connectivity index (χ1n) is 14.1. The topological polar surface area (TPSA) is 80.7 Å². The monoisotopic (exact) mass is 508 g/mol. The number of ether oxygens (including phenoxy) is 1. The molecule has 2 saturated carbocycles. The lowest BCUT2D eigenvalue weighted by molar-refractivity contribution is -0.152. The highest BCUT2D eigenvalue weighted by Gasteiger charge is 2.63. The van der Waals surface area contributed by atoms with Crippen molar-refractivity contribution in [2.45, 2.75) is 105 Å². The number of esters is 1. The average molecular weight is 509 g/mol. The normalized spacial score (nSPS) is 33.2. The molecular weight excluding hydrogens is 464 g/mol. The third-order valence-electron chi connectivity index (χ3n) is 10.4. The van der Waals surface area contributed by atoms with Crippen LogP contribution >= 0.6 is 0 Å². The van der Waals surface area contributed by atoms with Gasteiger partial charge in [-0.1, -0.05) is 64.3 Å². The van der Waals surface area contributed by atoms with Crippen LogP contribution in [0, 0.1) is 28.6 Å². The van der Waals surface area contributed by atoms with Gasteiger partial charge in [-0.2, -0.15) is 0 Å². The molecule has 0 spiro atoms. The smallest absolute Gasteiger partial charge is 0.342 e. The van der Waals surface area contributed by atoms with Crippen LogP contribution in [0.25, 0.3) is 0 Å². The number of carbonyl (C=O) groups excluding carboxylic acids is 3. The number of aliphatic hydroxyl groups is 1. The Morgan fingerprint density at radius 2 is 1.86 bits per heavy atom. The van der Waals surface area contributed by atoms with Gasteiger partial charge in [-0.3, -0.25) is 9.59 Å². The molecule has 4 aliphatic carbocycles. The van der Waals surface area contributed by atoms with Crippen LogP contribution in [0.15, 0.2) is 46.3 Å². The Kier molecular flexibility index (Phi) is 7.49. The number of allylic oxidation sites excluding steroid dienone is 5. The lowest BCUT2D eigenvalue weighted by atomic mass is 9.69. The Morgan fingerprint density at radius 1 is 1.16 bits per heavy atom. The molecule has 0 heterocycles. The number of ketones is 2. The predicted molar refractivity (Wildman–Crippen MR) is 145 cm³/mol. The number of hydrogen-bond donors (Lipinski definition) is 1.